The zero-order valence-electron chi connectivity index (χ0n) is 13.9. The third-order valence-electron chi connectivity index (χ3n) is 3.87. The first-order valence-corrected chi connectivity index (χ1v) is 7.94. The number of likely N-dealkylation sites (N-methyl/N-ethyl adjacent to an activating group) is 1. The summed E-state index contributed by atoms with van der Waals surface area (Å²) in [6.07, 6.45) is 0. The standard InChI is InChI=1S/C17H25N3O3/c1-14(21)15-4-3-5-16(12-15)18-17(22)13-19(2)6-7-20-8-10-23-11-9-20/h3-5,12H,6-11,13H2,1-2H3,(H,18,22). The van der Waals surface area contributed by atoms with Crippen LogP contribution >= 0.6 is 0 Å². The van der Waals surface area contributed by atoms with Crippen molar-refractivity contribution in [3.8, 4) is 0 Å². The highest BCUT2D eigenvalue weighted by molar-refractivity contribution is 5.97. The van der Waals surface area contributed by atoms with Crippen LogP contribution in [0.4, 0.5) is 5.69 Å². The lowest BCUT2D eigenvalue weighted by Gasteiger charge is -2.28. The summed E-state index contributed by atoms with van der Waals surface area (Å²) >= 11 is 0. The van der Waals surface area contributed by atoms with E-state index in [9.17, 15) is 9.59 Å². The molecule has 0 aromatic heterocycles. The summed E-state index contributed by atoms with van der Waals surface area (Å²) in [6, 6.07) is 7.01. The minimum atomic E-state index is -0.0739. The molecule has 1 saturated heterocycles. The van der Waals surface area contributed by atoms with Gasteiger partial charge in [0.25, 0.3) is 0 Å². The molecule has 0 spiro atoms. The molecule has 0 unspecified atom stereocenters. The monoisotopic (exact) mass is 319 g/mol. The van der Waals surface area contributed by atoms with Crippen LogP contribution in [-0.4, -0.2) is 74.5 Å². The molecule has 1 aromatic rings. The van der Waals surface area contributed by atoms with E-state index < -0.39 is 0 Å². The molecule has 1 fully saturated rings. The first-order chi connectivity index (χ1) is 11.0. The molecular weight excluding hydrogens is 294 g/mol. The molecule has 1 aromatic carbocycles. The topological polar surface area (TPSA) is 61.9 Å². The summed E-state index contributed by atoms with van der Waals surface area (Å²) in [5, 5.41) is 2.84. The van der Waals surface area contributed by atoms with E-state index in [4.69, 9.17) is 4.74 Å². The van der Waals surface area contributed by atoms with Crippen molar-refractivity contribution in [1.29, 1.82) is 0 Å². The molecule has 0 radical (unpaired) electrons. The molecule has 1 aliphatic heterocycles. The van der Waals surface area contributed by atoms with Gasteiger partial charge in [-0.1, -0.05) is 12.1 Å². The van der Waals surface area contributed by atoms with Crippen LogP contribution in [0.15, 0.2) is 24.3 Å². The highest BCUT2D eigenvalue weighted by atomic mass is 16.5. The van der Waals surface area contributed by atoms with Crippen molar-refractivity contribution in [2.24, 2.45) is 0 Å². The molecule has 6 heteroatoms. The highest BCUT2D eigenvalue weighted by Gasteiger charge is 2.12. The van der Waals surface area contributed by atoms with Crippen LogP contribution in [0.2, 0.25) is 0 Å². The zero-order valence-corrected chi connectivity index (χ0v) is 13.9. The van der Waals surface area contributed by atoms with Crippen molar-refractivity contribution < 1.29 is 14.3 Å². The van der Waals surface area contributed by atoms with Crippen molar-refractivity contribution in [2.75, 3.05) is 58.3 Å². The number of ketones is 1. The largest absolute Gasteiger partial charge is 0.379 e. The molecule has 126 valence electrons. The number of rotatable bonds is 7. The molecule has 6 nitrogen and oxygen atoms in total. The van der Waals surface area contributed by atoms with E-state index in [2.05, 4.69) is 10.2 Å². The Labute approximate surface area is 137 Å². The molecular formula is C17H25N3O3. The highest BCUT2D eigenvalue weighted by Crippen LogP contribution is 2.11. The Morgan fingerprint density at radius 3 is 2.74 bits per heavy atom. The van der Waals surface area contributed by atoms with Crippen LogP contribution in [-0.2, 0) is 9.53 Å². The number of nitrogens with zero attached hydrogens (tertiary/aromatic N) is 2. The zero-order chi connectivity index (χ0) is 16.7. The van der Waals surface area contributed by atoms with E-state index in [-0.39, 0.29) is 11.7 Å². The summed E-state index contributed by atoms with van der Waals surface area (Å²) in [6.45, 7) is 7.10. The average Bonchev–Trinajstić information content (AvgIpc) is 2.54. The first-order valence-electron chi connectivity index (χ1n) is 7.94. The fraction of sp³-hybridized carbons (Fsp3) is 0.529. The second-order valence-electron chi connectivity index (χ2n) is 5.88. The molecule has 1 N–H and O–H groups in total. The maximum Gasteiger partial charge on any atom is 0.238 e. The fourth-order valence-corrected chi connectivity index (χ4v) is 2.48. The third kappa shape index (κ3) is 6.09. The van der Waals surface area contributed by atoms with Gasteiger partial charge in [0.15, 0.2) is 5.78 Å². The number of hydrogen-bond acceptors (Lipinski definition) is 5. The third-order valence-corrected chi connectivity index (χ3v) is 3.87. The van der Waals surface area contributed by atoms with Crippen LogP contribution in [0, 0.1) is 0 Å². The van der Waals surface area contributed by atoms with Gasteiger partial charge in [0, 0.05) is 37.4 Å². The molecule has 0 atom stereocenters. The molecule has 2 rings (SSSR count). The smallest absolute Gasteiger partial charge is 0.238 e. The van der Waals surface area contributed by atoms with Gasteiger partial charge in [-0.15, -0.1) is 0 Å². The number of carbonyl (C=O) groups is 2. The molecule has 0 saturated carbocycles. The Kier molecular flexibility index (Phi) is 6.70. The summed E-state index contributed by atoms with van der Waals surface area (Å²) in [4.78, 5) is 27.8. The van der Waals surface area contributed by atoms with Crippen LogP contribution in [0.1, 0.15) is 17.3 Å². The van der Waals surface area contributed by atoms with E-state index in [1.54, 1.807) is 24.3 Å². The lowest BCUT2D eigenvalue weighted by Crippen LogP contribution is -2.42. The molecule has 1 amide bonds. The van der Waals surface area contributed by atoms with Crippen molar-refractivity contribution in [3.05, 3.63) is 29.8 Å². The van der Waals surface area contributed by atoms with Crippen molar-refractivity contribution >= 4 is 17.4 Å². The van der Waals surface area contributed by atoms with Crippen molar-refractivity contribution in [1.82, 2.24) is 9.80 Å². The van der Waals surface area contributed by atoms with Crippen LogP contribution < -0.4 is 5.32 Å². The van der Waals surface area contributed by atoms with Gasteiger partial charge >= 0.3 is 0 Å². The van der Waals surface area contributed by atoms with Gasteiger partial charge in [0.1, 0.15) is 0 Å². The fourth-order valence-electron chi connectivity index (χ4n) is 2.48. The van der Waals surface area contributed by atoms with Crippen LogP contribution in [0.3, 0.4) is 0 Å². The Morgan fingerprint density at radius 1 is 1.30 bits per heavy atom. The number of amides is 1. The van der Waals surface area contributed by atoms with Crippen molar-refractivity contribution in [3.63, 3.8) is 0 Å². The average molecular weight is 319 g/mol. The van der Waals surface area contributed by atoms with Gasteiger partial charge in [0.05, 0.1) is 19.8 Å². The number of morpholine rings is 1. The van der Waals surface area contributed by atoms with Crippen LogP contribution in [0.5, 0.6) is 0 Å². The minimum absolute atomic E-state index is 0.0104. The van der Waals surface area contributed by atoms with Gasteiger partial charge in [0.2, 0.25) is 5.91 Å². The van der Waals surface area contributed by atoms with Gasteiger partial charge in [-0.25, -0.2) is 0 Å². The molecule has 23 heavy (non-hydrogen) atoms. The summed E-state index contributed by atoms with van der Waals surface area (Å²) in [5.41, 5.74) is 1.26. The molecule has 0 aliphatic carbocycles. The van der Waals surface area contributed by atoms with Crippen LogP contribution in [0.25, 0.3) is 0 Å². The maximum atomic E-state index is 12.1. The summed E-state index contributed by atoms with van der Waals surface area (Å²) in [5.74, 6) is -0.0843. The predicted molar refractivity (Wildman–Crippen MR) is 89.8 cm³/mol. The Hall–Kier alpha value is -1.76. The second kappa shape index (κ2) is 8.76. The van der Waals surface area contributed by atoms with E-state index in [1.165, 1.54) is 6.92 Å². The van der Waals surface area contributed by atoms with Crippen molar-refractivity contribution in [2.45, 2.75) is 6.92 Å². The van der Waals surface area contributed by atoms with Gasteiger partial charge in [-0.2, -0.15) is 0 Å². The number of ether oxygens (including phenoxy) is 1. The summed E-state index contributed by atoms with van der Waals surface area (Å²) in [7, 11) is 1.94. The molecule has 0 bridgehead atoms. The van der Waals surface area contributed by atoms with Gasteiger partial charge < -0.3 is 10.1 Å². The summed E-state index contributed by atoms with van der Waals surface area (Å²) < 4.78 is 5.32. The van der Waals surface area contributed by atoms with E-state index in [1.807, 2.05) is 11.9 Å². The molecule has 1 aliphatic rings. The van der Waals surface area contributed by atoms with E-state index in [0.29, 0.717) is 17.8 Å². The number of carbonyl (C=O) groups excluding carboxylic acids is 2. The second-order valence-corrected chi connectivity index (χ2v) is 5.88. The van der Waals surface area contributed by atoms with E-state index in [0.717, 1.165) is 39.4 Å². The number of Topliss-reactive ketones (excluding diaryl/α,β-unsaturated/α-hetero) is 1. The first kappa shape index (κ1) is 17.6. The molecule has 1 heterocycles. The minimum Gasteiger partial charge on any atom is -0.379 e. The van der Waals surface area contributed by atoms with Gasteiger partial charge in [-0.05, 0) is 26.1 Å². The maximum absolute atomic E-state index is 12.1. The number of hydrogen-bond donors (Lipinski definition) is 1. The van der Waals surface area contributed by atoms with E-state index >= 15 is 0 Å². The quantitative estimate of drug-likeness (QED) is 0.762. The SMILES string of the molecule is CC(=O)c1cccc(NC(=O)CN(C)CCN2CCOCC2)c1. The lowest BCUT2D eigenvalue weighted by atomic mass is 10.1. The number of anilines is 1. The lowest BCUT2D eigenvalue weighted by molar-refractivity contribution is -0.117. The predicted octanol–water partition coefficient (Wildman–Crippen LogP) is 1.09. The van der Waals surface area contributed by atoms with Gasteiger partial charge in [-0.3, -0.25) is 19.4 Å². The normalized spacial score (nSPS) is 15.6. The Balaban J connectivity index is 1.75. The Morgan fingerprint density at radius 2 is 2.04 bits per heavy atom. The number of benzene rings is 1. The Bertz CT molecular complexity index is 542. The number of nitrogens with one attached hydrogen (secondary N) is 1.